The maximum absolute atomic E-state index is 12.5. The monoisotopic (exact) mass is 422 g/mol. The van der Waals surface area contributed by atoms with Crippen LogP contribution >= 0.6 is 22.9 Å². The maximum Gasteiger partial charge on any atom is 0.291 e. The van der Waals surface area contributed by atoms with Crippen molar-refractivity contribution >= 4 is 49.7 Å². The number of nitrogens with zero attached hydrogens (tertiary/aromatic N) is 2. The average molecular weight is 423 g/mol. The van der Waals surface area contributed by atoms with E-state index in [-0.39, 0.29) is 15.4 Å². The molecule has 1 heterocycles. The standard InChI is InChI=1S/C17H15ClN4O3S2/c1-10-5-3-4-6-13(10)15(23)19-16-20-21-17(26-16)27(24,25)22-12-8-7-11(2)14(18)9-12/h3-9,22H,1-2H3,(H,19,20,23). The second-order valence-corrected chi connectivity index (χ2v) is 8.95. The minimum atomic E-state index is -3.95. The highest BCUT2D eigenvalue weighted by Gasteiger charge is 2.22. The summed E-state index contributed by atoms with van der Waals surface area (Å²) in [6.07, 6.45) is 0. The zero-order valence-electron chi connectivity index (χ0n) is 14.4. The molecule has 0 unspecified atom stereocenters. The SMILES string of the molecule is Cc1ccc(NS(=O)(=O)c2nnc(NC(=O)c3ccccc3C)s2)cc1Cl. The third kappa shape index (κ3) is 4.44. The molecule has 10 heteroatoms. The van der Waals surface area contributed by atoms with Crippen LogP contribution in [-0.4, -0.2) is 24.5 Å². The van der Waals surface area contributed by atoms with E-state index in [1.807, 2.05) is 26.0 Å². The zero-order chi connectivity index (χ0) is 19.6. The predicted molar refractivity (Wildman–Crippen MR) is 106 cm³/mol. The van der Waals surface area contributed by atoms with Gasteiger partial charge in [0.05, 0.1) is 5.69 Å². The van der Waals surface area contributed by atoms with Crippen LogP contribution in [0.1, 0.15) is 21.5 Å². The molecular formula is C17H15ClN4O3S2. The van der Waals surface area contributed by atoms with E-state index in [1.165, 1.54) is 6.07 Å². The molecule has 1 aromatic heterocycles. The minimum absolute atomic E-state index is 0.0885. The molecule has 0 saturated carbocycles. The summed E-state index contributed by atoms with van der Waals surface area (Å²) in [5, 5.41) is 10.5. The van der Waals surface area contributed by atoms with Crippen LogP contribution in [0.15, 0.2) is 46.8 Å². The van der Waals surface area contributed by atoms with Crippen LogP contribution in [0.2, 0.25) is 5.02 Å². The molecule has 3 aromatic rings. The Kier molecular flexibility index (Phi) is 5.45. The smallest absolute Gasteiger partial charge is 0.291 e. The maximum atomic E-state index is 12.5. The van der Waals surface area contributed by atoms with Gasteiger partial charge in [0.1, 0.15) is 0 Å². The lowest BCUT2D eigenvalue weighted by Gasteiger charge is -2.06. The normalized spacial score (nSPS) is 11.2. The van der Waals surface area contributed by atoms with Gasteiger partial charge in [-0.15, -0.1) is 10.2 Å². The van der Waals surface area contributed by atoms with Crippen molar-refractivity contribution in [3.8, 4) is 0 Å². The first-order chi connectivity index (χ1) is 12.8. The van der Waals surface area contributed by atoms with Crippen LogP contribution in [0.25, 0.3) is 0 Å². The number of nitrogens with one attached hydrogen (secondary N) is 2. The van der Waals surface area contributed by atoms with Crippen molar-refractivity contribution in [2.75, 3.05) is 10.0 Å². The van der Waals surface area contributed by atoms with E-state index < -0.39 is 10.0 Å². The fourth-order valence-corrected chi connectivity index (χ4v) is 4.34. The number of carbonyl (C=O) groups is 1. The van der Waals surface area contributed by atoms with Crippen molar-refractivity contribution < 1.29 is 13.2 Å². The Hall–Kier alpha value is -2.49. The molecule has 0 aliphatic rings. The third-order valence-electron chi connectivity index (χ3n) is 3.67. The summed E-state index contributed by atoms with van der Waals surface area (Å²) >= 11 is 6.77. The summed E-state index contributed by atoms with van der Waals surface area (Å²) in [7, 11) is -3.95. The van der Waals surface area contributed by atoms with E-state index in [2.05, 4.69) is 20.2 Å². The molecule has 0 aliphatic heterocycles. The largest absolute Gasteiger partial charge is 0.296 e. The van der Waals surface area contributed by atoms with Gasteiger partial charge in [-0.25, -0.2) is 0 Å². The number of aromatic nitrogens is 2. The van der Waals surface area contributed by atoms with E-state index in [4.69, 9.17) is 11.6 Å². The lowest BCUT2D eigenvalue weighted by molar-refractivity contribution is 0.102. The lowest BCUT2D eigenvalue weighted by Crippen LogP contribution is -2.13. The molecule has 0 saturated heterocycles. The molecule has 0 fully saturated rings. The second kappa shape index (κ2) is 7.63. The molecule has 0 atom stereocenters. The molecular weight excluding hydrogens is 408 g/mol. The van der Waals surface area contributed by atoms with Crippen molar-refractivity contribution in [2.45, 2.75) is 18.2 Å². The van der Waals surface area contributed by atoms with Gasteiger partial charge in [-0.1, -0.05) is 47.2 Å². The Labute approximate surface area is 165 Å². The Bertz CT molecular complexity index is 1110. The first kappa shape index (κ1) is 19.3. The van der Waals surface area contributed by atoms with Crippen molar-refractivity contribution in [1.29, 1.82) is 0 Å². The Balaban J connectivity index is 1.77. The topological polar surface area (TPSA) is 101 Å². The van der Waals surface area contributed by atoms with Gasteiger partial charge >= 0.3 is 0 Å². The Morgan fingerprint density at radius 2 is 1.81 bits per heavy atom. The molecule has 0 bridgehead atoms. The first-order valence-electron chi connectivity index (χ1n) is 7.76. The van der Waals surface area contributed by atoms with Gasteiger partial charge in [0.25, 0.3) is 20.3 Å². The van der Waals surface area contributed by atoms with Gasteiger partial charge in [0, 0.05) is 10.6 Å². The van der Waals surface area contributed by atoms with Gasteiger partial charge < -0.3 is 0 Å². The van der Waals surface area contributed by atoms with Crippen LogP contribution in [-0.2, 0) is 10.0 Å². The summed E-state index contributed by atoms with van der Waals surface area (Å²) in [6.45, 7) is 3.62. The number of carbonyl (C=O) groups excluding carboxylic acids is 1. The third-order valence-corrected chi connectivity index (χ3v) is 6.67. The number of benzene rings is 2. The predicted octanol–water partition coefficient (Wildman–Crippen LogP) is 3.86. The van der Waals surface area contributed by atoms with E-state index in [1.54, 1.807) is 24.3 Å². The first-order valence-corrected chi connectivity index (χ1v) is 10.4. The van der Waals surface area contributed by atoms with E-state index in [0.29, 0.717) is 16.3 Å². The van der Waals surface area contributed by atoms with Crippen LogP contribution in [0.3, 0.4) is 0 Å². The second-order valence-electron chi connectivity index (χ2n) is 5.71. The van der Waals surface area contributed by atoms with Gasteiger partial charge in [-0.05, 0) is 43.2 Å². The number of hydrogen-bond acceptors (Lipinski definition) is 6. The summed E-state index contributed by atoms with van der Waals surface area (Å²) in [4.78, 5) is 12.3. The van der Waals surface area contributed by atoms with Crippen LogP contribution < -0.4 is 10.0 Å². The van der Waals surface area contributed by atoms with Gasteiger partial charge in [0.15, 0.2) is 0 Å². The zero-order valence-corrected chi connectivity index (χ0v) is 16.7. The van der Waals surface area contributed by atoms with Crippen LogP contribution in [0.4, 0.5) is 10.8 Å². The molecule has 7 nitrogen and oxygen atoms in total. The van der Waals surface area contributed by atoms with Crippen molar-refractivity contribution in [2.24, 2.45) is 0 Å². The number of sulfonamides is 1. The molecule has 140 valence electrons. The number of halogens is 1. The summed E-state index contributed by atoms with van der Waals surface area (Å²) in [6, 6.07) is 11.9. The number of rotatable bonds is 5. The fourth-order valence-electron chi connectivity index (χ4n) is 2.22. The van der Waals surface area contributed by atoms with Crippen molar-refractivity contribution in [3.63, 3.8) is 0 Å². The summed E-state index contributed by atoms with van der Waals surface area (Å²) < 4.78 is 27.1. The number of amides is 1. The molecule has 0 aliphatic carbocycles. The molecule has 2 aromatic carbocycles. The summed E-state index contributed by atoms with van der Waals surface area (Å²) in [5.41, 5.74) is 2.41. The van der Waals surface area contributed by atoms with E-state index >= 15 is 0 Å². The molecule has 1 amide bonds. The molecule has 0 spiro atoms. The molecule has 0 radical (unpaired) electrons. The lowest BCUT2D eigenvalue weighted by atomic mass is 10.1. The van der Waals surface area contributed by atoms with Crippen LogP contribution in [0, 0.1) is 13.8 Å². The highest BCUT2D eigenvalue weighted by atomic mass is 35.5. The quantitative estimate of drug-likeness (QED) is 0.608. The highest BCUT2D eigenvalue weighted by molar-refractivity contribution is 7.94. The number of aryl methyl sites for hydroxylation is 2. The minimum Gasteiger partial charge on any atom is -0.296 e. The van der Waals surface area contributed by atoms with Crippen molar-refractivity contribution in [1.82, 2.24) is 10.2 Å². The summed E-state index contributed by atoms with van der Waals surface area (Å²) in [5.74, 6) is -0.383. The average Bonchev–Trinajstić information content (AvgIpc) is 3.08. The van der Waals surface area contributed by atoms with Gasteiger partial charge in [-0.2, -0.15) is 8.42 Å². The van der Waals surface area contributed by atoms with E-state index in [0.717, 1.165) is 22.5 Å². The Morgan fingerprint density at radius 1 is 1.07 bits per heavy atom. The molecule has 2 N–H and O–H groups in total. The number of anilines is 2. The molecule has 3 rings (SSSR count). The van der Waals surface area contributed by atoms with Gasteiger partial charge in [0.2, 0.25) is 5.13 Å². The fraction of sp³-hybridized carbons (Fsp3) is 0.118. The highest BCUT2D eigenvalue weighted by Crippen LogP contribution is 2.25. The van der Waals surface area contributed by atoms with Gasteiger partial charge in [-0.3, -0.25) is 14.8 Å². The van der Waals surface area contributed by atoms with Crippen molar-refractivity contribution in [3.05, 3.63) is 64.2 Å². The number of hydrogen-bond donors (Lipinski definition) is 2. The van der Waals surface area contributed by atoms with E-state index in [9.17, 15) is 13.2 Å². The Morgan fingerprint density at radius 3 is 2.52 bits per heavy atom. The molecule has 27 heavy (non-hydrogen) atoms. The van der Waals surface area contributed by atoms with Crippen LogP contribution in [0.5, 0.6) is 0 Å².